The lowest BCUT2D eigenvalue weighted by molar-refractivity contribution is -0.141. The van der Waals surface area contributed by atoms with E-state index in [1.54, 1.807) is 0 Å². The van der Waals surface area contributed by atoms with Gasteiger partial charge in [0.1, 0.15) is 19.2 Å². The predicted molar refractivity (Wildman–Crippen MR) is 101 cm³/mol. The molecule has 0 spiro atoms. The van der Waals surface area contributed by atoms with Crippen molar-refractivity contribution in [2.24, 2.45) is 0 Å². The number of benzene rings is 1. The van der Waals surface area contributed by atoms with Crippen LogP contribution < -0.4 is 16.0 Å². The molecule has 0 aromatic heterocycles. The van der Waals surface area contributed by atoms with Crippen LogP contribution in [0.4, 0.5) is 4.79 Å². The first-order valence-electron chi connectivity index (χ1n) is 8.98. The van der Waals surface area contributed by atoms with Gasteiger partial charge >= 0.3 is 12.1 Å². The van der Waals surface area contributed by atoms with Crippen molar-refractivity contribution >= 4 is 23.9 Å². The number of esters is 1. The predicted octanol–water partition coefficient (Wildman–Crippen LogP) is 0.877. The third-order valence-corrected chi connectivity index (χ3v) is 3.73. The lowest BCUT2D eigenvalue weighted by Gasteiger charge is -2.17. The molecular weight excluding hydrogens is 366 g/mol. The van der Waals surface area contributed by atoms with Crippen molar-refractivity contribution in [1.82, 2.24) is 16.0 Å². The van der Waals surface area contributed by atoms with E-state index >= 15 is 0 Å². The Hall–Kier alpha value is -3.10. The summed E-state index contributed by atoms with van der Waals surface area (Å²) in [5.41, 5.74) is 0.897. The first kappa shape index (κ1) is 22.9. The van der Waals surface area contributed by atoms with Crippen molar-refractivity contribution in [3.05, 3.63) is 35.9 Å². The number of nitrogens with one attached hydrogen (secondary N) is 3. The topological polar surface area (TPSA) is 123 Å². The van der Waals surface area contributed by atoms with Gasteiger partial charge in [-0.05, 0) is 24.8 Å². The lowest BCUT2D eigenvalue weighted by Crippen LogP contribution is -2.47. The highest BCUT2D eigenvalue weighted by atomic mass is 16.5. The molecule has 0 saturated carbocycles. The SMILES string of the molecule is COC(=O)CNC(=O)C(CCCCNC(=O)OCc1ccccc1)NC(C)=O. The molecule has 0 bridgehead atoms. The fourth-order valence-corrected chi connectivity index (χ4v) is 2.31. The second-order valence-corrected chi connectivity index (χ2v) is 6.03. The second-order valence-electron chi connectivity index (χ2n) is 6.03. The molecule has 0 saturated heterocycles. The fraction of sp³-hybridized carbons (Fsp3) is 0.474. The van der Waals surface area contributed by atoms with E-state index in [0.717, 1.165) is 5.56 Å². The molecule has 154 valence electrons. The van der Waals surface area contributed by atoms with Crippen molar-refractivity contribution in [2.75, 3.05) is 20.2 Å². The number of hydrogen-bond acceptors (Lipinski definition) is 6. The quantitative estimate of drug-likeness (QED) is 0.379. The van der Waals surface area contributed by atoms with Crippen molar-refractivity contribution in [3.8, 4) is 0 Å². The molecule has 1 aromatic carbocycles. The van der Waals surface area contributed by atoms with Crippen LogP contribution >= 0.6 is 0 Å². The van der Waals surface area contributed by atoms with Gasteiger partial charge in [0.05, 0.1) is 7.11 Å². The van der Waals surface area contributed by atoms with Gasteiger partial charge in [-0.3, -0.25) is 14.4 Å². The van der Waals surface area contributed by atoms with Crippen LogP contribution in [-0.2, 0) is 30.5 Å². The lowest BCUT2D eigenvalue weighted by atomic mass is 10.1. The normalized spacial score (nSPS) is 11.1. The van der Waals surface area contributed by atoms with Crippen molar-refractivity contribution in [1.29, 1.82) is 0 Å². The minimum atomic E-state index is -0.757. The van der Waals surface area contributed by atoms with Crippen molar-refractivity contribution in [3.63, 3.8) is 0 Å². The molecule has 1 rings (SSSR count). The van der Waals surface area contributed by atoms with Gasteiger partial charge in [-0.25, -0.2) is 4.79 Å². The summed E-state index contributed by atoms with van der Waals surface area (Å²) < 4.78 is 9.55. The van der Waals surface area contributed by atoms with Crippen molar-refractivity contribution < 1.29 is 28.7 Å². The van der Waals surface area contributed by atoms with Gasteiger partial charge in [0.25, 0.3) is 0 Å². The highest BCUT2D eigenvalue weighted by Gasteiger charge is 2.19. The summed E-state index contributed by atoms with van der Waals surface area (Å²) in [6.45, 7) is 1.62. The van der Waals surface area contributed by atoms with Crippen molar-refractivity contribution in [2.45, 2.75) is 38.8 Å². The van der Waals surface area contributed by atoms with Crippen LogP contribution in [0.2, 0.25) is 0 Å². The van der Waals surface area contributed by atoms with E-state index in [0.29, 0.717) is 25.8 Å². The Morgan fingerprint density at radius 2 is 1.75 bits per heavy atom. The molecule has 3 amide bonds. The minimum Gasteiger partial charge on any atom is -0.468 e. The van der Waals surface area contributed by atoms with Crippen LogP contribution in [0.1, 0.15) is 31.7 Å². The molecule has 0 radical (unpaired) electrons. The highest BCUT2D eigenvalue weighted by Crippen LogP contribution is 2.03. The van der Waals surface area contributed by atoms with E-state index in [2.05, 4.69) is 20.7 Å². The summed E-state index contributed by atoms with van der Waals surface area (Å²) in [5.74, 6) is -1.38. The fourth-order valence-electron chi connectivity index (χ4n) is 2.31. The van der Waals surface area contributed by atoms with E-state index in [1.165, 1.54) is 14.0 Å². The summed E-state index contributed by atoms with van der Waals surface area (Å²) in [4.78, 5) is 46.1. The first-order valence-corrected chi connectivity index (χ1v) is 8.98. The van der Waals surface area contributed by atoms with Crippen LogP contribution in [0.15, 0.2) is 30.3 Å². The summed E-state index contributed by atoms with van der Waals surface area (Å²) in [6.07, 6.45) is 1.03. The van der Waals surface area contributed by atoms with Gasteiger partial charge in [0, 0.05) is 13.5 Å². The maximum absolute atomic E-state index is 12.1. The van der Waals surface area contributed by atoms with Gasteiger partial charge in [0.2, 0.25) is 11.8 Å². The summed E-state index contributed by atoms with van der Waals surface area (Å²) in [7, 11) is 1.22. The van der Waals surface area contributed by atoms with Gasteiger partial charge in [-0.15, -0.1) is 0 Å². The maximum atomic E-state index is 12.1. The molecule has 1 unspecified atom stereocenters. The number of alkyl carbamates (subject to hydrolysis) is 1. The summed E-state index contributed by atoms with van der Waals surface area (Å²) in [6, 6.07) is 8.58. The summed E-state index contributed by atoms with van der Waals surface area (Å²) >= 11 is 0. The molecule has 0 aliphatic heterocycles. The zero-order chi connectivity index (χ0) is 20.8. The Morgan fingerprint density at radius 3 is 2.39 bits per heavy atom. The number of unbranched alkanes of at least 4 members (excludes halogenated alkanes) is 1. The Morgan fingerprint density at radius 1 is 1.04 bits per heavy atom. The Kier molecular flexibility index (Phi) is 10.8. The Bertz CT molecular complexity index is 650. The molecule has 1 aromatic rings. The molecule has 0 aliphatic carbocycles. The van der Waals surface area contributed by atoms with Crippen LogP contribution in [0, 0.1) is 0 Å². The standard InChI is InChI=1S/C19H27N3O6/c1-14(23)22-16(18(25)21-12-17(24)27-2)10-6-7-11-20-19(26)28-13-15-8-4-3-5-9-15/h3-5,8-9,16H,6-7,10-13H2,1-2H3,(H,20,26)(H,21,25)(H,22,23). The van der Waals surface area contributed by atoms with Crippen LogP contribution in [0.3, 0.4) is 0 Å². The zero-order valence-electron chi connectivity index (χ0n) is 16.2. The molecular formula is C19H27N3O6. The Labute approximate surface area is 164 Å². The molecule has 3 N–H and O–H groups in total. The third kappa shape index (κ3) is 10.1. The van der Waals surface area contributed by atoms with Gasteiger partial charge in [0.15, 0.2) is 0 Å². The monoisotopic (exact) mass is 393 g/mol. The molecule has 9 heteroatoms. The molecule has 9 nitrogen and oxygen atoms in total. The molecule has 0 heterocycles. The van der Waals surface area contributed by atoms with Gasteiger partial charge in [-0.2, -0.15) is 0 Å². The average molecular weight is 393 g/mol. The van der Waals surface area contributed by atoms with Gasteiger partial charge < -0.3 is 25.4 Å². The second kappa shape index (κ2) is 13.1. The molecule has 1 atom stereocenters. The van der Waals surface area contributed by atoms with Crippen LogP contribution in [0.5, 0.6) is 0 Å². The zero-order valence-corrected chi connectivity index (χ0v) is 16.2. The number of methoxy groups -OCH3 is 1. The largest absolute Gasteiger partial charge is 0.468 e. The van der Waals surface area contributed by atoms with Crippen LogP contribution in [0.25, 0.3) is 0 Å². The number of hydrogen-bond donors (Lipinski definition) is 3. The molecule has 0 aliphatic rings. The maximum Gasteiger partial charge on any atom is 0.407 e. The smallest absolute Gasteiger partial charge is 0.407 e. The number of carbonyl (C=O) groups is 4. The number of ether oxygens (including phenoxy) is 2. The van der Waals surface area contributed by atoms with E-state index in [9.17, 15) is 19.2 Å². The molecule has 0 fully saturated rings. The van der Waals surface area contributed by atoms with Gasteiger partial charge in [-0.1, -0.05) is 30.3 Å². The van der Waals surface area contributed by atoms with E-state index in [4.69, 9.17) is 4.74 Å². The first-order chi connectivity index (χ1) is 13.4. The Balaban J connectivity index is 2.25. The highest BCUT2D eigenvalue weighted by molar-refractivity contribution is 5.89. The third-order valence-electron chi connectivity index (χ3n) is 3.73. The molecule has 28 heavy (non-hydrogen) atoms. The van der Waals surface area contributed by atoms with E-state index < -0.39 is 24.0 Å². The number of amides is 3. The number of carbonyl (C=O) groups excluding carboxylic acids is 4. The van der Waals surface area contributed by atoms with Crippen LogP contribution in [-0.4, -0.2) is 50.1 Å². The van der Waals surface area contributed by atoms with E-state index in [-0.39, 0.29) is 19.1 Å². The summed E-state index contributed by atoms with van der Waals surface area (Å²) in [5, 5.41) is 7.59. The van der Waals surface area contributed by atoms with E-state index in [1.807, 2.05) is 30.3 Å². The number of rotatable bonds is 11. The minimum absolute atomic E-state index is 0.192. The average Bonchev–Trinajstić information content (AvgIpc) is 2.69.